The first kappa shape index (κ1) is 16.3. The summed E-state index contributed by atoms with van der Waals surface area (Å²) in [5, 5.41) is 1.82. The molecular formula is C13H16N2O6. The fraction of sp³-hybridized carbons (Fsp3) is 0.308. The van der Waals surface area contributed by atoms with Crippen LogP contribution in [0.5, 0.6) is 11.5 Å². The van der Waals surface area contributed by atoms with E-state index < -0.39 is 24.0 Å². The van der Waals surface area contributed by atoms with Crippen LogP contribution in [0.2, 0.25) is 0 Å². The standard InChI is InChI=1S/C13H16N2O6/c1-7(11(16)15-13(14)18)21-12(17)8-4-9(19-2)6-10(5-8)20-3/h4-7H,1-3H3,(H3,14,15,16,18)/t7-/m0/s1. The Bertz CT molecular complexity index is 535. The maximum atomic E-state index is 12.0. The molecule has 0 heterocycles. The highest BCUT2D eigenvalue weighted by Crippen LogP contribution is 2.23. The number of ether oxygens (including phenoxy) is 3. The van der Waals surface area contributed by atoms with Crippen molar-refractivity contribution in [2.24, 2.45) is 5.73 Å². The van der Waals surface area contributed by atoms with Crippen LogP contribution in [-0.2, 0) is 9.53 Å². The number of methoxy groups -OCH3 is 2. The van der Waals surface area contributed by atoms with Gasteiger partial charge in [0.15, 0.2) is 6.10 Å². The van der Waals surface area contributed by atoms with Crippen LogP contribution in [0.1, 0.15) is 17.3 Å². The van der Waals surface area contributed by atoms with Gasteiger partial charge in [-0.05, 0) is 19.1 Å². The molecular weight excluding hydrogens is 280 g/mol. The van der Waals surface area contributed by atoms with Crippen molar-refractivity contribution in [1.29, 1.82) is 0 Å². The number of benzene rings is 1. The predicted molar refractivity (Wildman–Crippen MR) is 72.1 cm³/mol. The molecule has 21 heavy (non-hydrogen) atoms. The Morgan fingerprint density at radius 1 is 1.10 bits per heavy atom. The Balaban J connectivity index is 2.84. The van der Waals surface area contributed by atoms with Gasteiger partial charge in [-0.2, -0.15) is 0 Å². The number of nitrogens with two attached hydrogens (primary N) is 1. The second-order valence-corrected chi connectivity index (χ2v) is 4.00. The summed E-state index contributed by atoms with van der Waals surface area (Å²) in [5.74, 6) is -0.781. The van der Waals surface area contributed by atoms with E-state index in [1.165, 1.54) is 33.3 Å². The van der Waals surface area contributed by atoms with Gasteiger partial charge in [-0.1, -0.05) is 0 Å². The van der Waals surface area contributed by atoms with Gasteiger partial charge in [0.25, 0.3) is 5.91 Å². The van der Waals surface area contributed by atoms with Crippen LogP contribution in [-0.4, -0.2) is 38.2 Å². The van der Waals surface area contributed by atoms with Crippen molar-refractivity contribution in [3.05, 3.63) is 23.8 Å². The molecule has 0 radical (unpaired) electrons. The van der Waals surface area contributed by atoms with Crippen molar-refractivity contribution in [3.63, 3.8) is 0 Å². The van der Waals surface area contributed by atoms with Gasteiger partial charge in [0.2, 0.25) is 0 Å². The number of hydrogen-bond acceptors (Lipinski definition) is 6. The average Bonchev–Trinajstić information content (AvgIpc) is 2.45. The highest BCUT2D eigenvalue weighted by Gasteiger charge is 2.20. The van der Waals surface area contributed by atoms with E-state index in [-0.39, 0.29) is 5.56 Å². The topological polar surface area (TPSA) is 117 Å². The SMILES string of the molecule is COc1cc(OC)cc(C(=O)O[C@@H](C)C(=O)NC(N)=O)c1. The highest BCUT2D eigenvalue weighted by molar-refractivity contribution is 5.98. The summed E-state index contributed by atoms with van der Waals surface area (Å²) < 4.78 is 15.0. The van der Waals surface area contributed by atoms with Crippen LogP contribution < -0.4 is 20.5 Å². The summed E-state index contributed by atoms with van der Waals surface area (Å²) in [6, 6.07) is 3.43. The third kappa shape index (κ3) is 4.68. The first-order chi connectivity index (χ1) is 9.87. The third-order valence-electron chi connectivity index (χ3n) is 2.49. The number of amides is 3. The van der Waals surface area contributed by atoms with Crippen molar-refractivity contribution in [2.75, 3.05) is 14.2 Å². The average molecular weight is 296 g/mol. The lowest BCUT2D eigenvalue weighted by atomic mass is 10.2. The van der Waals surface area contributed by atoms with Crippen LogP contribution in [0.3, 0.4) is 0 Å². The van der Waals surface area contributed by atoms with Crippen molar-refractivity contribution in [3.8, 4) is 11.5 Å². The molecule has 0 unspecified atom stereocenters. The number of primary amides is 1. The molecule has 8 nitrogen and oxygen atoms in total. The lowest BCUT2D eigenvalue weighted by Crippen LogP contribution is -2.42. The van der Waals surface area contributed by atoms with Gasteiger partial charge in [-0.15, -0.1) is 0 Å². The van der Waals surface area contributed by atoms with E-state index in [9.17, 15) is 14.4 Å². The number of nitrogens with one attached hydrogen (secondary N) is 1. The Morgan fingerprint density at radius 2 is 1.62 bits per heavy atom. The lowest BCUT2D eigenvalue weighted by Gasteiger charge is -2.13. The van der Waals surface area contributed by atoms with E-state index in [0.29, 0.717) is 11.5 Å². The summed E-state index contributed by atoms with van der Waals surface area (Å²) in [6.45, 7) is 1.31. The van der Waals surface area contributed by atoms with Gasteiger partial charge in [-0.3, -0.25) is 10.1 Å². The number of carbonyl (C=O) groups is 3. The van der Waals surface area contributed by atoms with Crippen LogP contribution in [0.25, 0.3) is 0 Å². The van der Waals surface area contributed by atoms with Gasteiger partial charge in [0.1, 0.15) is 11.5 Å². The predicted octanol–water partition coefficient (Wildman–Crippen LogP) is 0.444. The van der Waals surface area contributed by atoms with Gasteiger partial charge < -0.3 is 19.9 Å². The van der Waals surface area contributed by atoms with Gasteiger partial charge >= 0.3 is 12.0 Å². The summed E-state index contributed by atoms with van der Waals surface area (Å²) >= 11 is 0. The van der Waals surface area contributed by atoms with Crippen molar-refractivity contribution < 1.29 is 28.6 Å². The van der Waals surface area contributed by atoms with Crippen molar-refractivity contribution in [1.82, 2.24) is 5.32 Å². The summed E-state index contributed by atoms with van der Waals surface area (Å²) in [4.78, 5) is 33.9. The van der Waals surface area contributed by atoms with Gasteiger partial charge in [0, 0.05) is 6.07 Å². The third-order valence-corrected chi connectivity index (χ3v) is 2.49. The molecule has 8 heteroatoms. The summed E-state index contributed by atoms with van der Waals surface area (Å²) in [6.07, 6.45) is -1.18. The van der Waals surface area contributed by atoms with E-state index in [2.05, 4.69) is 0 Å². The molecule has 1 aromatic rings. The smallest absolute Gasteiger partial charge is 0.339 e. The first-order valence-corrected chi connectivity index (χ1v) is 5.91. The molecule has 0 aliphatic rings. The monoisotopic (exact) mass is 296 g/mol. The molecule has 114 valence electrons. The summed E-state index contributed by atoms with van der Waals surface area (Å²) in [5.41, 5.74) is 4.95. The molecule has 0 bridgehead atoms. The molecule has 1 aromatic carbocycles. The highest BCUT2D eigenvalue weighted by atomic mass is 16.5. The van der Waals surface area contributed by atoms with E-state index in [1.54, 1.807) is 6.07 Å². The van der Waals surface area contributed by atoms with Crippen molar-refractivity contribution >= 4 is 17.9 Å². The second kappa shape index (κ2) is 7.13. The number of carbonyl (C=O) groups excluding carboxylic acids is 3. The zero-order valence-electron chi connectivity index (χ0n) is 11.8. The fourth-order valence-electron chi connectivity index (χ4n) is 1.43. The van der Waals surface area contributed by atoms with Crippen molar-refractivity contribution in [2.45, 2.75) is 13.0 Å². The Hall–Kier alpha value is -2.77. The molecule has 1 atom stereocenters. The van der Waals surface area contributed by atoms with E-state index in [4.69, 9.17) is 19.9 Å². The lowest BCUT2D eigenvalue weighted by molar-refractivity contribution is -0.127. The van der Waals surface area contributed by atoms with Crippen LogP contribution in [0, 0.1) is 0 Å². The molecule has 0 aromatic heterocycles. The number of esters is 1. The molecule has 3 amide bonds. The van der Waals surface area contributed by atoms with Crippen LogP contribution in [0.4, 0.5) is 4.79 Å². The first-order valence-electron chi connectivity index (χ1n) is 5.91. The van der Waals surface area contributed by atoms with Crippen LogP contribution in [0.15, 0.2) is 18.2 Å². The largest absolute Gasteiger partial charge is 0.497 e. The van der Waals surface area contributed by atoms with Gasteiger partial charge in [-0.25, -0.2) is 9.59 Å². The minimum Gasteiger partial charge on any atom is -0.497 e. The molecule has 0 spiro atoms. The molecule has 0 aliphatic carbocycles. The zero-order chi connectivity index (χ0) is 16.0. The molecule has 1 rings (SSSR count). The zero-order valence-corrected chi connectivity index (χ0v) is 11.8. The Morgan fingerprint density at radius 3 is 2.05 bits per heavy atom. The minimum atomic E-state index is -1.18. The molecule has 0 fully saturated rings. The minimum absolute atomic E-state index is 0.143. The molecule has 0 saturated carbocycles. The number of imide groups is 1. The number of urea groups is 1. The summed E-state index contributed by atoms with van der Waals surface area (Å²) in [7, 11) is 2.87. The maximum Gasteiger partial charge on any atom is 0.339 e. The Labute approximate surface area is 121 Å². The molecule has 0 aliphatic heterocycles. The number of hydrogen-bond donors (Lipinski definition) is 2. The van der Waals surface area contributed by atoms with E-state index >= 15 is 0 Å². The molecule has 3 N–H and O–H groups in total. The van der Waals surface area contributed by atoms with E-state index in [0.717, 1.165) is 0 Å². The fourth-order valence-corrected chi connectivity index (χ4v) is 1.43. The maximum absolute atomic E-state index is 12.0. The van der Waals surface area contributed by atoms with Crippen LogP contribution >= 0.6 is 0 Å². The van der Waals surface area contributed by atoms with Gasteiger partial charge in [0.05, 0.1) is 19.8 Å². The van der Waals surface area contributed by atoms with E-state index in [1.807, 2.05) is 5.32 Å². The molecule has 0 saturated heterocycles. The second-order valence-electron chi connectivity index (χ2n) is 4.00. The normalized spacial score (nSPS) is 11.2. The quantitative estimate of drug-likeness (QED) is 0.762. The number of rotatable bonds is 5. The Kier molecular flexibility index (Phi) is 5.53.